The molecule has 1 atom stereocenters. The molecule has 0 radical (unpaired) electrons. The van der Waals surface area contributed by atoms with E-state index in [0.29, 0.717) is 12.1 Å². The van der Waals surface area contributed by atoms with Crippen LogP contribution in [-0.2, 0) is 0 Å². The first kappa shape index (κ1) is 13.0. The Morgan fingerprint density at radius 1 is 1.16 bits per heavy atom. The molecule has 0 spiro atoms. The molecule has 2 fully saturated rings. The highest BCUT2D eigenvalue weighted by Gasteiger charge is 2.34. The molecule has 2 heterocycles. The van der Waals surface area contributed by atoms with Crippen LogP contribution in [0.2, 0.25) is 0 Å². The average Bonchev–Trinajstić information content (AvgIpc) is 2.39. The Kier molecular flexibility index (Phi) is 3.82. The number of hydrogen-bond acceptors (Lipinski definition) is 3. The normalized spacial score (nSPS) is 24.1. The summed E-state index contributed by atoms with van der Waals surface area (Å²) < 4.78 is 12.9. The molecule has 19 heavy (non-hydrogen) atoms. The zero-order valence-corrected chi connectivity index (χ0v) is 11.5. The number of rotatable bonds is 3. The Balaban J connectivity index is 1.53. The van der Waals surface area contributed by atoms with E-state index in [1.807, 2.05) is 12.1 Å². The Morgan fingerprint density at radius 3 is 2.42 bits per heavy atom. The predicted molar refractivity (Wildman–Crippen MR) is 74.6 cm³/mol. The largest absolute Gasteiger partial charge is 0.314 e. The van der Waals surface area contributed by atoms with Crippen molar-refractivity contribution in [2.24, 2.45) is 0 Å². The predicted octanol–water partition coefficient (Wildman–Crippen LogP) is 1.48. The molecule has 1 N–H and O–H groups in total. The Bertz CT molecular complexity index is 408. The van der Waals surface area contributed by atoms with E-state index >= 15 is 0 Å². The van der Waals surface area contributed by atoms with Gasteiger partial charge >= 0.3 is 0 Å². The number of nitrogens with zero attached hydrogens (tertiary/aromatic N) is 2. The summed E-state index contributed by atoms with van der Waals surface area (Å²) >= 11 is 0. The Morgan fingerprint density at radius 2 is 1.79 bits per heavy atom. The van der Waals surface area contributed by atoms with Crippen LogP contribution in [0, 0.1) is 5.82 Å². The SMILES string of the molecule is CC(c1ccc(F)cc1)N1CC(N2CCNCC2)C1. The van der Waals surface area contributed by atoms with Crippen LogP contribution in [0.25, 0.3) is 0 Å². The molecule has 2 aliphatic heterocycles. The van der Waals surface area contributed by atoms with Crippen molar-refractivity contribution in [3.8, 4) is 0 Å². The summed E-state index contributed by atoms with van der Waals surface area (Å²) in [5.74, 6) is -0.154. The second-order valence-electron chi connectivity index (χ2n) is 5.62. The lowest BCUT2D eigenvalue weighted by molar-refractivity contribution is 0.00346. The summed E-state index contributed by atoms with van der Waals surface area (Å²) in [6, 6.07) is 8.01. The van der Waals surface area contributed by atoms with Crippen molar-refractivity contribution in [1.82, 2.24) is 15.1 Å². The van der Waals surface area contributed by atoms with E-state index in [1.54, 1.807) is 12.1 Å². The molecule has 1 aromatic carbocycles. The lowest BCUT2D eigenvalue weighted by Crippen LogP contribution is -2.62. The van der Waals surface area contributed by atoms with E-state index in [0.717, 1.165) is 26.2 Å². The highest BCUT2D eigenvalue weighted by atomic mass is 19.1. The molecule has 0 bridgehead atoms. The maximum Gasteiger partial charge on any atom is 0.123 e. The molecule has 3 nitrogen and oxygen atoms in total. The molecule has 1 aromatic rings. The van der Waals surface area contributed by atoms with Crippen molar-refractivity contribution in [2.45, 2.75) is 19.0 Å². The Hall–Kier alpha value is -0.970. The van der Waals surface area contributed by atoms with E-state index in [9.17, 15) is 4.39 Å². The fourth-order valence-electron chi connectivity index (χ4n) is 3.03. The van der Waals surface area contributed by atoms with E-state index in [2.05, 4.69) is 22.0 Å². The molecule has 0 saturated carbocycles. The van der Waals surface area contributed by atoms with E-state index < -0.39 is 0 Å². The standard InChI is InChI=1S/C15H22FN3/c1-12(13-2-4-14(16)5-3-13)19-10-15(11-19)18-8-6-17-7-9-18/h2-5,12,15,17H,6-11H2,1H3. The maximum atomic E-state index is 12.9. The van der Waals surface area contributed by atoms with E-state index in [-0.39, 0.29) is 5.82 Å². The van der Waals surface area contributed by atoms with Gasteiger partial charge < -0.3 is 5.32 Å². The molecule has 0 amide bonds. The van der Waals surface area contributed by atoms with Gasteiger partial charge in [-0.3, -0.25) is 9.80 Å². The van der Waals surface area contributed by atoms with Crippen LogP contribution < -0.4 is 5.32 Å². The van der Waals surface area contributed by atoms with E-state index in [1.165, 1.54) is 18.7 Å². The van der Waals surface area contributed by atoms with Gasteiger partial charge in [-0.25, -0.2) is 4.39 Å². The zero-order chi connectivity index (χ0) is 13.2. The second kappa shape index (κ2) is 5.57. The molecular weight excluding hydrogens is 241 g/mol. The first-order valence-corrected chi connectivity index (χ1v) is 7.18. The molecule has 3 rings (SSSR count). The number of hydrogen-bond donors (Lipinski definition) is 1. The third-order valence-electron chi connectivity index (χ3n) is 4.46. The topological polar surface area (TPSA) is 18.5 Å². The zero-order valence-electron chi connectivity index (χ0n) is 11.5. The summed E-state index contributed by atoms with van der Waals surface area (Å²) in [6.45, 7) is 9.05. The average molecular weight is 263 g/mol. The van der Waals surface area contributed by atoms with Gasteiger partial charge in [0, 0.05) is 51.4 Å². The first-order valence-electron chi connectivity index (χ1n) is 7.18. The van der Waals surface area contributed by atoms with Crippen molar-refractivity contribution < 1.29 is 4.39 Å². The van der Waals surface area contributed by atoms with Crippen LogP contribution in [0.15, 0.2) is 24.3 Å². The highest BCUT2D eigenvalue weighted by molar-refractivity contribution is 5.20. The fraction of sp³-hybridized carbons (Fsp3) is 0.600. The molecule has 1 unspecified atom stereocenters. The number of benzene rings is 1. The molecule has 4 heteroatoms. The second-order valence-corrected chi connectivity index (χ2v) is 5.62. The first-order chi connectivity index (χ1) is 9.24. The minimum Gasteiger partial charge on any atom is -0.314 e. The monoisotopic (exact) mass is 263 g/mol. The van der Waals surface area contributed by atoms with Gasteiger partial charge in [0.1, 0.15) is 5.82 Å². The molecule has 0 aliphatic carbocycles. The van der Waals surface area contributed by atoms with Gasteiger partial charge in [-0.05, 0) is 24.6 Å². The lowest BCUT2D eigenvalue weighted by atomic mass is 9.99. The van der Waals surface area contributed by atoms with Gasteiger partial charge in [-0.2, -0.15) is 0 Å². The third kappa shape index (κ3) is 2.81. The number of halogens is 1. The van der Waals surface area contributed by atoms with Gasteiger partial charge in [0.2, 0.25) is 0 Å². The van der Waals surface area contributed by atoms with Crippen LogP contribution in [0.5, 0.6) is 0 Å². The van der Waals surface area contributed by atoms with Crippen LogP contribution in [0.3, 0.4) is 0 Å². The maximum absolute atomic E-state index is 12.9. The summed E-state index contributed by atoms with van der Waals surface area (Å²) in [5, 5.41) is 3.39. The van der Waals surface area contributed by atoms with E-state index in [4.69, 9.17) is 0 Å². The van der Waals surface area contributed by atoms with Crippen molar-refractivity contribution in [3.63, 3.8) is 0 Å². The molecule has 104 valence electrons. The van der Waals surface area contributed by atoms with Gasteiger partial charge in [-0.1, -0.05) is 12.1 Å². The number of nitrogens with one attached hydrogen (secondary N) is 1. The van der Waals surface area contributed by atoms with Gasteiger partial charge in [0.05, 0.1) is 0 Å². The minimum atomic E-state index is -0.154. The number of piperazine rings is 1. The van der Waals surface area contributed by atoms with Crippen molar-refractivity contribution >= 4 is 0 Å². The van der Waals surface area contributed by atoms with Crippen LogP contribution in [0.4, 0.5) is 4.39 Å². The summed E-state index contributed by atoms with van der Waals surface area (Å²) in [5.41, 5.74) is 1.21. The molecule has 2 aliphatic rings. The Labute approximate surface area is 114 Å². The summed E-state index contributed by atoms with van der Waals surface area (Å²) in [7, 11) is 0. The lowest BCUT2D eigenvalue weighted by Gasteiger charge is -2.49. The van der Waals surface area contributed by atoms with Crippen molar-refractivity contribution in [1.29, 1.82) is 0 Å². The van der Waals surface area contributed by atoms with Crippen LogP contribution in [0.1, 0.15) is 18.5 Å². The third-order valence-corrected chi connectivity index (χ3v) is 4.46. The highest BCUT2D eigenvalue weighted by Crippen LogP contribution is 2.27. The smallest absolute Gasteiger partial charge is 0.123 e. The fourth-order valence-corrected chi connectivity index (χ4v) is 3.03. The van der Waals surface area contributed by atoms with Gasteiger partial charge in [0.25, 0.3) is 0 Å². The van der Waals surface area contributed by atoms with Crippen molar-refractivity contribution in [2.75, 3.05) is 39.3 Å². The van der Waals surface area contributed by atoms with Gasteiger partial charge in [0.15, 0.2) is 0 Å². The summed E-state index contributed by atoms with van der Waals surface area (Å²) in [4.78, 5) is 5.06. The molecule has 0 aromatic heterocycles. The number of likely N-dealkylation sites (tertiary alicyclic amines) is 1. The van der Waals surface area contributed by atoms with Crippen LogP contribution in [-0.4, -0.2) is 55.1 Å². The minimum absolute atomic E-state index is 0.154. The quantitative estimate of drug-likeness (QED) is 0.891. The van der Waals surface area contributed by atoms with Crippen molar-refractivity contribution in [3.05, 3.63) is 35.6 Å². The van der Waals surface area contributed by atoms with Gasteiger partial charge in [-0.15, -0.1) is 0 Å². The molecule has 2 saturated heterocycles. The summed E-state index contributed by atoms with van der Waals surface area (Å²) in [6.07, 6.45) is 0. The molecular formula is C15H22FN3. The van der Waals surface area contributed by atoms with Crippen LogP contribution >= 0.6 is 0 Å².